The van der Waals surface area contributed by atoms with Crippen molar-refractivity contribution >= 4 is 6.72 Å². The van der Waals surface area contributed by atoms with Crippen molar-refractivity contribution in [1.29, 1.82) is 0 Å². The summed E-state index contributed by atoms with van der Waals surface area (Å²) in [6.45, 7) is 11.0. The van der Waals surface area contributed by atoms with Gasteiger partial charge in [-0.1, -0.05) is 19.0 Å². The second-order valence-corrected chi connectivity index (χ2v) is 1.43. The Hall–Kier alpha value is -0.790. The molecule has 2 nitrogen and oxygen atoms in total. The molecule has 0 bridgehead atoms. The molecule has 0 amide bonds. The Bertz CT molecular complexity index is 82.9. The van der Waals surface area contributed by atoms with Crippen molar-refractivity contribution in [2.75, 3.05) is 0 Å². The predicted octanol–water partition coefficient (Wildman–Crippen LogP) is 2.57. The van der Waals surface area contributed by atoms with E-state index in [1.807, 2.05) is 27.7 Å². The van der Waals surface area contributed by atoms with Gasteiger partial charge >= 0.3 is 0 Å². The van der Waals surface area contributed by atoms with Crippen LogP contribution in [-0.2, 0) is 4.84 Å². The maximum atomic E-state index is 4.45. The average Bonchev–Trinajstić information content (AvgIpc) is 1.88. The lowest BCUT2D eigenvalue weighted by atomic mass is 10.4. The molecule has 0 aromatic rings. The highest BCUT2D eigenvalue weighted by atomic mass is 16.6. The number of hydrogen-bond donors (Lipinski definition) is 0. The molecule has 2 heteroatoms. The molecule has 0 aromatic heterocycles. The van der Waals surface area contributed by atoms with Crippen LogP contribution in [0.15, 0.2) is 17.0 Å². The zero-order valence-corrected chi connectivity index (χ0v) is 6.64. The molecule has 0 heterocycles. The Labute approximate surface area is 57.2 Å². The van der Waals surface area contributed by atoms with Gasteiger partial charge < -0.3 is 4.84 Å². The Morgan fingerprint density at radius 2 is 1.89 bits per heavy atom. The van der Waals surface area contributed by atoms with E-state index in [0.29, 0.717) is 0 Å². The first-order valence-electron chi connectivity index (χ1n) is 3.02. The minimum atomic E-state index is 1.08. The Kier molecular flexibility index (Phi) is 12.6. The zero-order valence-electron chi connectivity index (χ0n) is 6.64. The average molecular weight is 129 g/mol. The normalized spacial score (nSPS) is 6.22. The van der Waals surface area contributed by atoms with Gasteiger partial charge in [-0.25, -0.2) is 0 Å². The van der Waals surface area contributed by atoms with Gasteiger partial charge in [0.1, 0.15) is 6.26 Å². The van der Waals surface area contributed by atoms with Crippen LogP contribution in [0.3, 0.4) is 0 Å². The number of allylic oxidation sites excluding steroid dienone is 1. The van der Waals surface area contributed by atoms with E-state index in [1.165, 1.54) is 6.26 Å². The highest BCUT2D eigenvalue weighted by Gasteiger charge is 1.70. The van der Waals surface area contributed by atoms with Crippen LogP contribution >= 0.6 is 0 Å². The van der Waals surface area contributed by atoms with Gasteiger partial charge in [0.2, 0.25) is 0 Å². The van der Waals surface area contributed by atoms with Crippen LogP contribution in [0.4, 0.5) is 0 Å². The van der Waals surface area contributed by atoms with Crippen LogP contribution in [0.2, 0.25) is 0 Å². The summed E-state index contributed by atoms with van der Waals surface area (Å²) in [5.74, 6) is 0. The lowest BCUT2D eigenvalue weighted by molar-refractivity contribution is 0.269. The molecule has 0 spiro atoms. The maximum Gasteiger partial charge on any atom is 0.120 e. The minimum absolute atomic E-state index is 1.08. The van der Waals surface area contributed by atoms with Gasteiger partial charge in [-0.15, -0.1) is 0 Å². The first kappa shape index (κ1) is 11.1. The second kappa shape index (κ2) is 10.2. The van der Waals surface area contributed by atoms with E-state index in [2.05, 4.69) is 16.7 Å². The molecule has 0 fully saturated rings. The molecule has 0 unspecified atom stereocenters. The summed E-state index contributed by atoms with van der Waals surface area (Å²) < 4.78 is 0. The number of hydrogen-bond acceptors (Lipinski definition) is 2. The zero-order chi connectivity index (χ0) is 7.70. The lowest BCUT2D eigenvalue weighted by Crippen LogP contribution is -1.66. The molecule has 0 aliphatic rings. The molecule has 0 aromatic carbocycles. The first-order valence-corrected chi connectivity index (χ1v) is 3.02. The smallest absolute Gasteiger partial charge is 0.120 e. The fourth-order valence-electron chi connectivity index (χ4n) is 0.143. The molecular weight excluding hydrogens is 114 g/mol. The molecular formula is C7H15NO. The summed E-state index contributed by atoms with van der Waals surface area (Å²) in [6.07, 6.45) is 1.53. The van der Waals surface area contributed by atoms with Gasteiger partial charge in [-0.05, 0) is 19.4 Å². The number of oxime groups is 1. The van der Waals surface area contributed by atoms with Crippen molar-refractivity contribution in [1.82, 2.24) is 0 Å². The SMILES string of the molecule is C=NOC=C(C)C.CC. The fourth-order valence-corrected chi connectivity index (χ4v) is 0.143. The van der Waals surface area contributed by atoms with Gasteiger partial charge in [0.15, 0.2) is 0 Å². The molecule has 0 N–H and O–H groups in total. The Balaban J connectivity index is 0. The molecule has 9 heavy (non-hydrogen) atoms. The van der Waals surface area contributed by atoms with E-state index < -0.39 is 0 Å². The molecule has 0 rings (SSSR count). The number of nitrogens with zero attached hydrogens (tertiary/aromatic N) is 1. The van der Waals surface area contributed by atoms with Crippen molar-refractivity contribution in [3.05, 3.63) is 11.8 Å². The van der Waals surface area contributed by atoms with Crippen LogP contribution in [-0.4, -0.2) is 6.72 Å². The predicted molar refractivity (Wildman–Crippen MR) is 41.4 cm³/mol. The summed E-state index contributed by atoms with van der Waals surface area (Å²) in [5, 5.41) is 3.15. The molecule has 0 saturated heterocycles. The summed E-state index contributed by atoms with van der Waals surface area (Å²) in [5.41, 5.74) is 1.08. The Morgan fingerprint density at radius 3 is 2.00 bits per heavy atom. The van der Waals surface area contributed by atoms with Crippen molar-refractivity contribution in [3.8, 4) is 0 Å². The number of rotatable bonds is 2. The van der Waals surface area contributed by atoms with Gasteiger partial charge in [0.05, 0.1) is 0 Å². The van der Waals surface area contributed by atoms with E-state index in [-0.39, 0.29) is 0 Å². The quantitative estimate of drug-likeness (QED) is 0.319. The summed E-state index contributed by atoms with van der Waals surface area (Å²) >= 11 is 0. The standard InChI is InChI=1S/C5H9NO.C2H6/c1-5(2)4-7-6-3;1-2/h4H,3H2,1-2H3;1-2H3. The summed E-state index contributed by atoms with van der Waals surface area (Å²) in [6, 6.07) is 0. The van der Waals surface area contributed by atoms with Crippen LogP contribution < -0.4 is 0 Å². The van der Waals surface area contributed by atoms with E-state index in [4.69, 9.17) is 0 Å². The van der Waals surface area contributed by atoms with E-state index in [1.54, 1.807) is 0 Å². The van der Waals surface area contributed by atoms with Crippen molar-refractivity contribution in [3.63, 3.8) is 0 Å². The van der Waals surface area contributed by atoms with Crippen LogP contribution in [0, 0.1) is 0 Å². The van der Waals surface area contributed by atoms with Gasteiger partial charge in [-0.3, -0.25) is 0 Å². The van der Waals surface area contributed by atoms with Crippen LogP contribution in [0.25, 0.3) is 0 Å². The topological polar surface area (TPSA) is 21.6 Å². The van der Waals surface area contributed by atoms with Crippen molar-refractivity contribution in [2.45, 2.75) is 27.7 Å². The van der Waals surface area contributed by atoms with Gasteiger partial charge in [-0.2, -0.15) is 0 Å². The summed E-state index contributed by atoms with van der Waals surface area (Å²) in [4.78, 5) is 4.45. The molecule has 0 aliphatic heterocycles. The van der Waals surface area contributed by atoms with E-state index in [0.717, 1.165) is 5.57 Å². The largest absolute Gasteiger partial charge is 0.366 e. The van der Waals surface area contributed by atoms with E-state index >= 15 is 0 Å². The van der Waals surface area contributed by atoms with Gasteiger partial charge in [0.25, 0.3) is 0 Å². The highest BCUT2D eigenvalue weighted by Crippen LogP contribution is 1.87. The van der Waals surface area contributed by atoms with Crippen molar-refractivity contribution < 1.29 is 4.84 Å². The fraction of sp³-hybridized carbons (Fsp3) is 0.571. The lowest BCUT2D eigenvalue weighted by Gasteiger charge is -1.84. The molecule has 0 radical (unpaired) electrons. The molecule has 0 saturated carbocycles. The highest BCUT2D eigenvalue weighted by molar-refractivity contribution is 5.21. The minimum Gasteiger partial charge on any atom is -0.366 e. The summed E-state index contributed by atoms with van der Waals surface area (Å²) in [7, 11) is 0. The van der Waals surface area contributed by atoms with Crippen molar-refractivity contribution in [2.24, 2.45) is 5.16 Å². The maximum absolute atomic E-state index is 4.45. The Morgan fingerprint density at radius 1 is 1.44 bits per heavy atom. The van der Waals surface area contributed by atoms with Gasteiger partial charge in [0, 0.05) is 6.72 Å². The van der Waals surface area contributed by atoms with E-state index in [9.17, 15) is 0 Å². The van der Waals surface area contributed by atoms with Crippen LogP contribution in [0.5, 0.6) is 0 Å². The monoisotopic (exact) mass is 129 g/mol. The third-order valence-corrected chi connectivity index (χ3v) is 0.363. The second-order valence-electron chi connectivity index (χ2n) is 1.43. The first-order chi connectivity index (χ1) is 4.27. The molecule has 0 aliphatic carbocycles. The van der Waals surface area contributed by atoms with Crippen LogP contribution in [0.1, 0.15) is 27.7 Å². The third-order valence-electron chi connectivity index (χ3n) is 0.363. The molecule has 0 atom stereocenters. The molecule has 54 valence electrons. The third kappa shape index (κ3) is 19.0.